The predicted octanol–water partition coefficient (Wildman–Crippen LogP) is 4.73. The van der Waals surface area contributed by atoms with Crippen molar-refractivity contribution in [2.45, 2.75) is 70.0 Å². The molecule has 0 radical (unpaired) electrons. The minimum atomic E-state index is -0.284. The molecule has 3 atom stereocenters. The third-order valence-electron chi connectivity index (χ3n) is 7.79. The van der Waals surface area contributed by atoms with E-state index in [2.05, 4.69) is 18.1 Å². The average Bonchev–Trinajstić information content (AvgIpc) is 3.29. The fraction of sp³-hybridized carbons (Fsp3) is 0.739. The average molecular weight is 354 g/mol. The van der Waals surface area contributed by atoms with Crippen molar-refractivity contribution in [3.63, 3.8) is 0 Å². The van der Waals surface area contributed by atoms with E-state index >= 15 is 0 Å². The molecule has 26 heavy (non-hydrogen) atoms. The van der Waals surface area contributed by atoms with Crippen LogP contribution in [-0.2, 0) is 14.2 Å². The van der Waals surface area contributed by atoms with Gasteiger partial charge in [-0.2, -0.15) is 0 Å². The zero-order valence-electron chi connectivity index (χ0n) is 15.9. The monoisotopic (exact) mass is 354 g/mol. The number of rotatable bonds is 1. The normalized spacial score (nSPS) is 37.3. The summed E-state index contributed by atoms with van der Waals surface area (Å²) >= 11 is 0. The minimum absolute atomic E-state index is 0.284. The van der Waals surface area contributed by atoms with Crippen LogP contribution in [0.15, 0.2) is 22.8 Å². The molecule has 140 valence electrons. The van der Waals surface area contributed by atoms with Crippen LogP contribution in [0.5, 0.6) is 0 Å². The summed E-state index contributed by atoms with van der Waals surface area (Å²) in [4.78, 5) is 0. The molecule has 1 spiro atoms. The van der Waals surface area contributed by atoms with Crippen LogP contribution < -0.4 is 0 Å². The van der Waals surface area contributed by atoms with Crippen molar-refractivity contribution in [2.75, 3.05) is 20.3 Å². The standard InChI is InChI=1S/C23H30O3/c1-24-13-3-10-22-9-2-4-21(22)20-6-5-17-16-23(25-14-15-26-23)12-8-18(17)19(20)7-11-22/h7,20-21H,2,4-6,8-12,14-16H2,1H3/t20-,21+,22?/m1/s1. The molecule has 0 aromatic heterocycles. The highest BCUT2D eigenvalue weighted by atomic mass is 16.7. The van der Waals surface area contributed by atoms with Crippen LogP contribution in [0.2, 0.25) is 0 Å². The van der Waals surface area contributed by atoms with Gasteiger partial charge >= 0.3 is 0 Å². The van der Waals surface area contributed by atoms with Crippen LogP contribution in [0, 0.1) is 29.3 Å². The summed E-state index contributed by atoms with van der Waals surface area (Å²) in [6.45, 7) is 1.53. The van der Waals surface area contributed by atoms with Gasteiger partial charge in [-0.15, -0.1) is 0 Å². The molecule has 5 aliphatic rings. The fourth-order valence-corrected chi connectivity index (χ4v) is 6.68. The third-order valence-corrected chi connectivity index (χ3v) is 7.79. The molecule has 0 N–H and O–H groups in total. The van der Waals surface area contributed by atoms with Gasteiger partial charge in [0.2, 0.25) is 0 Å². The number of ether oxygens (including phenoxy) is 3. The highest BCUT2D eigenvalue weighted by molar-refractivity contribution is 5.44. The summed E-state index contributed by atoms with van der Waals surface area (Å²) in [5, 5.41) is 0. The fourth-order valence-electron chi connectivity index (χ4n) is 6.68. The number of allylic oxidation sites excluding steroid dienone is 3. The van der Waals surface area contributed by atoms with Crippen molar-refractivity contribution < 1.29 is 14.2 Å². The molecule has 1 saturated heterocycles. The van der Waals surface area contributed by atoms with Crippen LogP contribution in [-0.4, -0.2) is 26.1 Å². The summed E-state index contributed by atoms with van der Waals surface area (Å²) in [6, 6.07) is 0. The van der Waals surface area contributed by atoms with Gasteiger partial charge in [-0.05, 0) is 66.9 Å². The molecule has 4 aliphatic carbocycles. The van der Waals surface area contributed by atoms with Crippen molar-refractivity contribution in [1.29, 1.82) is 0 Å². The second-order valence-corrected chi connectivity index (χ2v) is 8.90. The lowest BCUT2D eigenvalue weighted by Crippen LogP contribution is -2.40. The lowest BCUT2D eigenvalue weighted by Gasteiger charge is -2.48. The summed E-state index contributed by atoms with van der Waals surface area (Å²) in [5.74, 6) is 4.60. The first-order valence-electron chi connectivity index (χ1n) is 10.5. The summed E-state index contributed by atoms with van der Waals surface area (Å²) < 4.78 is 17.0. The van der Waals surface area contributed by atoms with Gasteiger partial charge in [0.1, 0.15) is 6.11 Å². The predicted molar refractivity (Wildman–Crippen MR) is 100 cm³/mol. The number of hydrogen-bond donors (Lipinski definition) is 0. The van der Waals surface area contributed by atoms with Crippen LogP contribution in [0.25, 0.3) is 0 Å². The van der Waals surface area contributed by atoms with Crippen LogP contribution in [0.4, 0.5) is 0 Å². The van der Waals surface area contributed by atoms with Crippen molar-refractivity contribution >= 4 is 0 Å². The molecule has 1 aliphatic heterocycles. The zero-order valence-corrected chi connectivity index (χ0v) is 15.9. The Labute approximate surface area is 157 Å². The third kappa shape index (κ3) is 2.57. The molecule has 0 aromatic carbocycles. The number of hydrogen-bond acceptors (Lipinski definition) is 3. The van der Waals surface area contributed by atoms with E-state index in [1.165, 1.54) is 38.5 Å². The van der Waals surface area contributed by atoms with E-state index in [1.807, 2.05) is 0 Å². The van der Waals surface area contributed by atoms with Crippen LogP contribution >= 0.6 is 0 Å². The van der Waals surface area contributed by atoms with Gasteiger partial charge < -0.3 is 14.2 Å². The molecule has 0 aromatic rings. The van der Waals surface area contributed by atoms with E-state index in [1.54, 1.807) is 23.8 Å². The van der Waals surface area contributed by atoms with E-state index in [4.69, 9.17) is 14.2 Å². The SMILES string of the molecule is COC#CCC12CC=C3C4=C(CC[C@H]3[C@@H]1CCC2)CC1(CC4)OCCO1. The van der Waals surface area contributed by atoms with Gasteiger partial charge in [-0.3, -0.25) is 0 Å². The Morgan fingerprint density at radius 2 is 2.08 bits per heavy atom. The maximum absolute atomic E-state index is 6.00. The van der Waals surface area contributed by atoms with E-state index in [9.17, 15) is 0 Å². The van der Waals surface area contributed by atoms with Gasteiger partial charge in [-0.25, -0.2) is 0 Å². The first kappa shape index (κ1) is 16.9. The topological polar surface area (TPSA) is 27.7 Å². The van der Waals surface area contributed by atoms with E-state index in [-0.39, 0.29) is 5.79 Å². The van der Waals surface area contributed by atoms with E-state index in [0.717, 1.165) is 50.7 Å². The Morgan fingerprint density at radius 3 is 2.92 bits per heavy atom. The second kappa shape index (κ2) is 6.43. The quantitative estimate of drug-likeness (QED) is 0.637. The Balaban J connectivity index is 1.43. The number of fused-ring (bicyclic) bond motifs is 4. The Morgan fingerprint density at radius 1 is 1.19 bits per heavy atom. The molecule has 3 heteroatoms. The first-order chi connectivity index (χ1) is 12.8. The molecular weight excluding hydrogens is 324 g/mol. The molecule has 1 heterocycles. The smallest absolute Gasteiger partial charge is 0.172 e. The lowest BCUT2D eigenvalue weighted by atomic mass is 9.57. The molecular formula is C23H30O3. The molecule has 5 rings (SSSR count). The minimum Gasteiger partial charge on any atom is -0.450 e. The Hall–Kier alpha value is -1.24. The lowest BCUT2D eigenvalue weighted by molar-refractivity contribution is -0.164. The van der Waals surface area contributed by atoms with Crippen LogP contribution in [0.1, 0.15) is 64.2 Å². The Kier molecular flexibility index (Phi) is 4.18. The second-order valence-electron chi connectivity index (χ2n) is 8.90. The highest BCUT2D eigenvalue weighted by Gasteiger charge is 2.51. The number of methoxy groups -OCH3 is 1. The summed E-state index contributed by atoms with van der Waals surface area (Å²) in [5.41, 5.74) is 5.41. The first-order valence-corrected chi connectivity index (χ1v) is 10.5. The van der Waals surface area contributed by atoms with Crippen molar-refractivity contribution in [3.8, 4) is 12.0 Å². The van der Waals surface area contributed by atoms with E-state index < -0.39 is 0 Å². The van der Waals surface area contributed by atoms with Gasteiger partial charge in [-0.1, -0.05) is 24.0 Å². The highest BCUT2D eigenvalue weighted by Crippen LogP contribution is 2.61. The maximum atomic E-state index is 6.00. The van der Waals surface area contributed by atoms with Gasteiger partial charge in [0.25, 0.3) is 0 Å². The molecule has 1 saturated carbocycles. The Bertz CT molecular complexity index is 701. The van der Waals surface area contributed by atoms with Crippen LogP contribution in [0.3, 0.4) is 0 Å². The van der Waals surface area contributed by atoms with Gasteiger partial charge in [0, 0.05) is 19.3 Å². The zero-order chi connectivity index (χ0) is 17.6. The molecule has 3 nitrogen and oxygen atoms in total. The van der Waals surface area contributed by atoms with Crippen molar-refractivity contribution in [2.24, 2.45) is 17.3 Å². The van der Waals surface area contributed by atoms with Crippen molar-refractivity contribution in [1.82, 2.24) is 0 Å². The van der Waals surface area contributed by atoms with E-state index in [0.29, 0.717) is 5.41 Å². The van der Waals surface area contributed by atoms with Gasteiger partial charge in [0.05, 0.1) is 20.3 Å². The van der Waals surface area contributed by atoms with Gasteiger partial charge in [0.15, 0.2) is 5.79 Å². The summed E-state index contributed by atoms with van der Waals surface area (Å²) in [7, 11) is 1.67. The maximum Gasteiger partial charge on any atom is 0.172 e. The van der Waals surface area contributed by atoms with Crippen molar-refractivity contribution in [3.05, 3.63) is 22.8 Å². The molecule has 0 amide bonds. The molecule has 2 fully saturated rings. The molecule has 1 unspecified atom stereocenters. The molecule has 0 bridgehead atoms. The summed E-state index contributed by atoms with van der Waals surface area (Å²) in [6.07, 6.45) is 17.5. The largest absolute Gasteiger partial charge is 0.450 e.